The van der Waals surface area contributed by atoms with Gasteiger partial charge in [0, 0.05) is 30.7 Å². The fourth-order valence-corrected chi connectivity index (χ4v) is 3.72. The second kappa shape index (κ2) is 6.14. The lowest BCUT2D eigenvalue weighted by Crippen LogP contribution is -2.44. The molecule has 3 rings (SSSR count). The van der Waals surface area contributed by atoms with E-state index >= 15 is 0 Å². The molecule has 2 heterocycles. The molecule has 0 aromatic heterocycles. The van der Waals surface area contributed by atoms with Gasteiger partial charge in [-0.05, 0) is 36.1 Å². The molecule has 2 unspecified atom stereocenters. The van der Waals surface area contributed by atoms with Crippen LogP contribution in [-0.4, -0.2) is 44.2 Å². The summed E-state index contributed by atoms with van der Waals surface area (Å²) >= 11 is 3.55. The Morgan fingerprint density at radius 3 is 3.15 bits per heavy atom. The zero-order chi connectivity index (χ0) is 14.0. The Balaban J connectivity index is 1.64. The monoisotopic (exact) mass is 338 g/mol. The van der Waals surface area contributed by atoms with E-state index in [4.69, 9.17) is 4.74 Å². The first kappa shape index (κ1) is 14.5. The van der Waals surface area contributed by atoms with E-state index in [9.17, 15) is 0 Å². The molecule has 4 heteroatoms. The maximum absolute atomic E-state index is 5.97. The number of hydrogen-bond donors (Lipinski definition) is 1. The van der Waals surface area contributed by atoms with Crippen molar-refractivity contribution in [1.82, 2.24) is 10.2 Å². The largest absolute Gasteiger partial charge is 0.371 e. The van der Waals surface area contributed by atoms with Crippen molar-refractivity contribution in [3.05, 3.63) is 34.3 Å². The van der Waals surface area contributed by atoms with Gasteiger partial charge in [0.25, 0.3) is 0 Å². The summed E-state index contributed by atoms with van der Waals surface area (Å²) in [7, 11) is 0. The normalized spacial score (nSPS) is 31.6. The summed E-state index contributed by atoms with van der Waals surface area (Å²) in [5.74, 6) is 0. The van der Waals surface area contributed by atoms with Crippen LogP contribution in [0.2, 0.25) is 0 Å². The third-order valence-corrected chi connectivity index (χ3v) is 4.93. The SMILES string of the molecule is CC1(CN2CCOC(c3cccc(Br)c3)C2)CCNC1. The second-order valence-electron chi connectivity index (χ2n) is 6.39. The molecule has 2 aliphatic heterocycles. The smallest absolute Gasteiger partial charge is 0.0952 e. The van der Waals surface area contributed by atoms with Crippen molar-refractivity contribution in [1.29, 1.82) is 0 Å². The predicted molar refractivity (Wildman–Crippen MR) is 84.9 cm³/mol. The van der Waals surface area contributed by atoms with Crippen molar-refractivity contribution in [2.24, 2.45) is 5.41 Å². The maximum atomic E-state index is 5.97. The highest BCUT2D eigenvalue weighted by atomic mass is 79.9. The maximum Gasteiger partial charge on any atom is 0.0952 e. The molecule has 2 fully saturated rings. The first-order valence-electron chi connectivity index (χ1n) is 7.45. The molecule has 0 bridgehead atoms. The molecule has 2 saturated heterocycles. The van der Waals surface area contributed by atoms with Crippen LogP contribution in [0, 0.1) is 5.41 Å². The standard InChI is InChI=1S/C16H23BrN2O/c1-16(5-6-18-11-16)12-19-7-8-20-15(10-19)13-3-2-4-14(17)9-13/h2-4,9,15,18H,5-8,10-12H2,1H3. The minimum Gasteiger partial charge on any atom is -0.371 e. The molecule has 110 valence electrons. The van der Waals surface area contributed by atoms with Crippen molar-refractivity contribution in [3.63, 3.8) is 0 Å². The molecule has 1 N–H and O–H groups in total. The van der Waals surface area contributed by atoms with Gasteiger partial charge < -0.3 is 10.1 Å². The van der Waals surface area contributed by atoms with E-state index in [-0.39, 0.29) is 6.10 Å². The topological polar surface area (TPSA) is 24.5 Å². The van der Waals surface area contributed by atoms with E-state index in [1.165, 1.54) is 18.5 Å². The van der Waals surface area contributed by atoms with Crippen LogP contribution < -0.4 is 5.32 Å². The quantitative estimate of drug-likeness (QED) is 0.917. The molecular formula is C16H23BrN2O. The van der Waals surface area contributed by atoms with Gasteiger partial charge in [-0.1, -0.05) is 35.0 Å². The van der Waals surface area contributed by atoms with Gasteiger partial charge in [-0.15, -0.1) is 0 Å². The molecule has 0 aliphatic carbocycles. The lowest BCUT2D eigenvalue weighted by molar-refractivity contribution is -0.0400. The van der Waals surface area contributed by atoms with Crippen molar-refractivity contribution in [2.75, 3.05) is 39.3 Å². The Labute approximate surface area is 129 Å². The van der Waals surface area contributed by atoms with Gasteiger partial charge in [0.15, 0.2) is 0 Å². The fraction of sp³-hybridized carbons (Fsp3) is 0.625. The zero-order valence-corrected chi connectivity index (χ0v) is 13.7. The number of benzene rings is 1. The van der Waals surface area contributed by atoms with Crippen molar-refractivity contribution >= 4 is 15.9 Å². The van der Waals surface area contributed by atoms with Gasteiger partial charge in [0.2, 0.25) is 0 Å². The Morgan fingerprint density at radius 1 is 1.50 bits per heavy atom. The average molecular weight is 339 g/mol. The van der Waals surface area contributed by atoms with Gasteiger partial charge in [-0.2, -0.15) is 0 Å². The molecule has 0 spiro atoms. The minimum atomic E-state index is 0.208. The van der Waals surface area contributed by atoms with Gasteiger partial charge in [-0.3, -0.25) is 4.90 Å². The lowest BCUT2D eigenvalue weighted by Gasteiger charge is -2.37. The van der Waals surface area contributed by atoms with Gasteiger partial charge in [0.1, 0.15) is 0 Å². The van der Waals surface area contributed by atoms with Gasteiger partial charge >= 0.3 is 0 Å². The third kappa shape index (κ3) is 3.42. The van der Waals surface area contributed by atoms with Gasteiger partial charge in [0.05, 0.1) is 12.7 Å². The van der Waals surface area contributed by atoms with E-state index in [1.54, 1.807) is 0 Å². The van der Waals surface area contributed by atoms with Crippen LogP contribution in [0.3, 0.4) is 0 Å². The summed E-state index contributed by atoms with van der Waals surface area (Å²) in [6.45, 7) is 8.78. The van der Waals surface area contributed by atoms with E-state index < -0.39 is 0 Å². The average Bonchev–Trinajstić information content (AvgIpc) is 2.85. The highest BCUT2D eigenvalue weighted by Crippen LogP contribution is 2.29. The zero-order valence-electron chi connectivity index (χ0n) is 12.1. The lowest BCUT2D eigenvalue weighted by atomic mass is 9.89. The van der Waals surface area contributed by atoms with Crippen LogP contribution >= 0.6 is 15.9 Å². The molecule has 0 saturated carbocycles. The summed E-state index contributed by atoms with van der Waals surface area (Å²) in [5, 5.41) is 3.49. The highest BCUT2D eigenvalue weighted by molar-refractivity contribution is 9.10. The summed E-state index contributed by atoms with van der Waals surface area (Å²) in [6.07, 6.45) is 1.49. The Bertz CT molecular complexity index is 460. The van der Waals surface area contributed by atoms with Crippen molar-refractivity contribution < 1.29 is 4.74 Å². The highest BCUT2D eigenvalue weighted by Gasteiger charge is 2.32. The van der Waals surface area contributed by atoms with E-state index in [1.807, 2.05) is 0 Å². The van der Waals surface area contributed by atoms with E-state index in [0.29, 0.717) is 5.41 Å². The first-order valence-corrected chi connectivity index (χ1v) is 8.24. The van der Waals surface area contributed by atoms with Crippen LogP contribution in [0.5, 0.6) is 0 Å². The second-order valence-corrected chi connectivity index (χ2v) is 7.30. The molecule has 0 amide bonds. The molecule has 2 aliphatic rings. The third-order valence-electron chi connectivity index (χ3n) is 4.43. The molecular weight excluding hydrogens is 316 g/mol. The summed E-state index contributed by atoms with van der Waals surface area (Å²) in [5.41, 5.74) is 1.71. The Hall–Kier alpha value is -0.420. The number of morpholine rings is 1. The first-order chi connectivity index (χ1) is 9.65. The summed E-state index contributed by atoms with van der Waals surface area (Å²) in [4.78, 5) is 2.57. The van der Waals surface area contributed by atoms with E-state index in [0.717, 1.165) is 37.3 Å². The number of nitrogens with zero attached hydrogens (tertiary/aromatic N) is 1. The number of hydrogen-bond acceptors (Lipinski definition) is 3. The molecule has 3 nitrogen and oxygen atoms in total. The van der Waals surface area contributed by atoms with Gasteiger partial charge in [-0.25, -0.2) is 0 Å². The summed E-state index contributed by atoms with van der Waals surface area (Å²) < 4.78 is 7.10. The molecule has 2 atom stereocenters. The predicted octanol–water partition coefficient (Wildman–Crippen LogP) is 2.82. The number of rotatable bonds is 3. The number of halogens is 1. The van der Waals surface area contributed by atoms with Crippen molar-refractivity contribution in [3.8, 4) is 0 Å². The van der Waals surface area contributed by atoms with Crippen LogP contribution in [0.1, 0.15) is 25.0 Å². The van der Waals surface area contributed by atoms with Crippen LogP contribution in [0.4, 0.5) is 0 Å². The Morgan fingerprint density at radius 2 is 2.40 bits per heavy atom. The van der Waals surface area contributed by atoms with Crippen LogP contribution in [0.25, 0.3) is 0 Å². The fourth-order valence-electron chi connectivity index (χ4n) is 3.30. The molecule has 0 radical (unpaired) electrons. The molecule has 1 aromatic rings. The van der Waals surface area contributed by atoms with Crippen LogP contribution in [-0.2, 0) is 4.74 Å². The molecule has 1 aromatic carbocycles. The number of ether oxygens (including phenoxy) is 1. The summed E-state index contributed by atoms with van der Waals surface area (Å²) in [6, 6.07) is 8.49. The molecule has 20 heavy (non-hydrogen) atoms. The van der Waals surface area contributed by atoms with Crippen molar-refractivity contribution in [2.45, 2.75) is 19.4 Å². The number of nitrogens with one attached hydrogen (secondary N) is 1. The van der Waals surface area contributed by atoms with Crippen LogP contribution in [0.15, 0.2) is 28.7 Å². The van der Waals surface area contributed by atoms with E-state index in [2.05, 4.69) is 57.3 Å². The Kier molecular flexibility index (Phi) is 4.46. The minimum absolute atomic E-state index is 0.208.